The van der Waals surface area contributed by atoms with E-state index < -0.39 is 17.8 Å². The van der Waals surface area contributed by atoms with Crippen molar-refractivity contribution >= 4 is 11.3 Å². The minimum Gasteiger partial charge on any atom is -0.388 e. The number of aliphatic hydroxyl groups is 1. The van der Waals surface area contributed by atoms with Crippen LogP contribution in [0, 0.1) is 0 Å². The number of alkyl halides is 3. The highest BCUT2D eigenvalue weighted by atomic mass is 32.1. The van der Waals surface area contributed by atoms with Crippen LogP contribution in [0.5, 0.6) is 0 Å². The van der Waals surface area contributed by atoms with Crippen molar-refractivity contribution < 1.29 is 18.3 Å². The van der Waals surface area contributed by atoms with Crippen LogP contribution in [0.15, 0.2) is 35.7 Å². The van der Waals surface area contributed by atoms with Gasteiger partial charge in [-0.1, -0.05) is 18.2 Å². The predicted octanol–water partition coefficient (Wildman–Crippen LogP) is 4.92. The lowest BCUT2D eigenvalue weighted by Crippen LogP contribution is -2.19. The Balaban J connectivity index is 2.00. The fourth-order valence-corrected chi connectivity index (χ4v) is 4.08. The van der Waals surface area contributed by atoms with Gasteiger partial charge in [-0.15, -0.1) is 11.3 Å². The van der Waals surface area contributed by atoms with E-state index >= 15 is 0 Å². The molecule has 2 unspecified atom stereocenters. The summed E-state index contributed by atoms with van der Waals surface area (Å²) in [6.07, 6.45) is -2.97. The van der Waals surface area contributed by atoms with Crippen molar-refractivity contribution in [1.29, 1.82) is 0 Å². The van der Waals surface area contributed by atoms with E-state index in [0.29, 0.717) is 0 Å². The van der Waals surface area contributed by atoms with Gasteiger partial charge < -0.3 is 5.11 Å². The molecule has 1 aliphatic rings. The SMILES string of the molecule is OC(c1ccccc1C(F)(F)F)C1CCCc2sccc21. The Bertz CT molecular complexity index is 632. The molecule has 0 radical (unpaired) electrons. The highest BCUT2D eigenvalue weighted by Gasteiger charge is 2.37. The van der Waals surface area contributed by atoms with E-state index in [4.69, 9.17) is 0 Å². The largest absolute Gasteiger partial charge is 0.416 e. The molecule has 5 heteroatoms. The maximum atomic E-state index is 13.1. The average molecular weight is 312 g/mol. The molecule has 3 rings (SSSR count). The van der Waals surface area contributed by atoms with E-state index in [1.165, 1.54) is 17.0 Å². The van der Waals surface area contributed by atoms with Crippen LogP contribution in [-0.2, 0) is 12.6 Å². The van der Waals surface area contributed by atoms with Crippen molar-refractivity contribution in [1.82, 2.24) is 0 Å². The lowest BCUT2D eigenvalue weighted by Gasteiger charge is -2.29. The van der Waals surface area contributed by atoms with Crippen molar-refractivity contribution in [3.63, 3.8) is 0 Å². The minimum absolute atomic E-state index is 0.0194. The summed E-state index contributed by atoms with van der Waals surface area (Å²) in [5, 5.41) is 12.5. The summed E-state index contributed by atoms with van der Waals surface area (Å²) in [5.41, 5.74) is 0.254. The molecule has 112 valence electrons. The van der Waals surface area contributed by atoms with Crippen LogP contribution in [0.25, 0.3) is 0 Å². The second-order valence-corrected chi connectivity index (χ2v) is 6.33. The summed E-state index contributed by atoms with van der Waals surface area (Å²) >= 11 is 1.62. The molecule has 0 bridgehead atoms. The first-order valence-corrected chi connectivity index (χ1v) is 7.77. The van der Waals surface area contributed by atoms with Crippen LogP contribution in [0.1, 0.15) is 46.4 Å². The Morgan fingerprint density at radius 3 is 2.71 bits per heavy atom. The first-order valence-electron chi connectivity index (χ1n) is 6.89. The highest BCUT2D eigenvalue weighted by molar-refractivity contribution is 7.10. The molecule has 1 aliphatic carbocycles. The first-order chi connectivity index (χ1) is 9.98. The summed E-state index contributed by atoms with van der Waals surface area (Å²) in [4.78, 5) is 1.19. The molecule has 21 heavy (non-hydrogen) atoms. The lowest BCUT2D eigenvalue weighted by atomic mass is 9.80. The Labute approximate surface area is 125 Å². The van der Waals surface area contributed by atoms with E-state index in [-0.39, 0.29) is 11.5 Å². The van der Waals surface area contributed by atoms with Crippen LogP contribution in [-0.4, -0.2) is 5.11 Å². The molecule has 1 nitrogen and oxygen atoms in total. The Morgan fingerprint density at radius 2 is 1.95 bits per heavy atom. The van der Waals surface area contributed by atoms with E-state index in [0.717, 1.165) is 30.9 Å². The second-order valence-electron chi connectivity index (χ2n) is 5.33. The second kappa shape index (κ2) is 5.46. The topological polar surface area (TPSA) is 20.2 Å². The third-order valence-corrected chi connectivity index (χ3v) is 5.06. The summed E-state index contributed by atoms with van der Waals surface area (Å²) in [6.45, 7) is 0. The molecular formula is C16H15F3OS. The molecule has 1 N–H and O–H groups in total. The van der Waals surface area contributed by atoms with Crippen LogP contribution >= 0.6 is 11.3 Å². The molecule has 0 spiro atoms. The van der Waals surface area contributed by atoms with E-state index in [2.05, 4.69) is 0 Å². The van der Waals surface area contributed by atoms with Gasteiger partial charge in [0, 0.05) is 10.8 Å². The number of benzene rings is 1. The molecule has 0 fully saturated rings. The first kappa shape index (κ1) is 14.6. The smallest absolute Gasteiger partial charge is 0.388 e. The van der Waals surface area contributed by atoms with Crippen LogP contribution < -0.4 is 0 Å². The van der Waals surface area contributed by atoms with Gasteiger partial charge in [-0.2, -0.15) is 13.2 Å². The van der Waals surface area contributed by atoms with Crippen molar-refractivity contribution in [3.8, 4) is 0 Å². The monoisotopic (exact) mass is 312 g/mol. The zero-order valence-corrected chi connectivity index (χ0v) is 12.0. The fraction of sp³-hybridized carbons (Fsp3) is 0.375. The van der Waals surface area contributed by atoms with E-state index in [1.807, 2.05) is 11.4 Å². The quantitative estimate of drug-likeness (QED) is 0.834. The Morgan fingerprint density at radius 1 is 1.19 bits per heavy atom. The number of rotatable bonds is 2. The van der Waals surface area contributed by atoms with Gasteiger partial charge in [-0.25, -0.2) is 0 Å². The van der Waals surface area contributed by atoms with Gasteiger partial charge in [-0.3, -0.25) is 0 Å². The number of hydrogen-bond acceptors (Lipinski definition) is 2. The molecule has 1 heterocycles. The van der Waals surface area contributed by atoms with Crippen LogP contribution in [0.2, 0.25) is 0 Å². The van der Waals surface area contributed by atoms with Gasteiger partial charge in [0.15, 0.2) is 0 Å². The highest BCUT2D eigenvalue weighted by Crippen LogP contribution is 2.45. The molecule has 1 aromatic heterocycles. The number of aryl methyl sites for hydroxylation is 1. The van der Waals surface area contributed by atoms with Crippen molar-refractivity contribution in [2.45, 2.75) is 37.5 Å². The van der Waals surface area contributed by atoms with E-state index in [1.54, 1.807) is 17.4 Å². The van der Waals surface area contributed by atoms with Gasteiger partial charge >= 0.3 is 6.18 Å². The van der Waals surface area contributed by atoms with Crippen molar-refractivity contribution in [2.75, 3.05) is 0 Å². The van der Waals surface area contributed by atoms with Gasteiger partial charge in [-0.05, 0) is 47.9 Å². The molecule has 0 amide bonds. The van der Waals surface area contributed by atoms with E-state index in [9.17, 15) is 18.3 Å². The zero-order chi connectivity index (χ0) is 15.0. The van der Waals surface area contributed by atoms with Crippen molar-refractivity contribution in [2.24, 2.45) is 0 Å². The standard InChI is InChI=1S/C16H15F3OS/c17-16(18,19)13-6-2-1-4-12(13)15(20)11-5-3-7-14-10(11)8-9-21-14/h1-2,4,6,8-9,11,15,20H,3,5,7H2. The molecule has 0 aliphatic heterocycles. The average Bonchev–Trinajstić information content (AvgIpc) is 2.94. The van der Waals surface area contributed by atoms with Crippen molar-refractivity contribution in [3.05, 3.63) is 57.3 Å². The number of thiophene rings is 1. The third-order valence-electron chi connectivity index (χ3n) is 4.06. The lowest BCUT2D eigenvalue weighted by molar-refractivity contribution is -0.139. The maximum absolute atomic E-state index is 13.1. The summed E-state index contributed by atoms with van der Waals surface area (Å²) < 4.78 is 39.3. The van der Waals surface area contributed by atoms with Gasteiger partial charge in [0.2, 0.25) is 0 Å². The molecule has 0 saturated heterocycles. The molecular weight excluding hydrogens is 297 g/mol. The van der Waals surface area contributed by atoms with Gasteiger partial charge in [0.25, 0.3) is 0 Å². The summed E-state index contributed by atoms with van der Waals surface area (Å²) in [6, 6.07) is 7.26. The molecule has 0 saturated carbocycles. The van der Waals surface area contributed by atoms with Gasteiger partial charge in [0.05, 0.1) is 11.7 Å². The number of fused-ring (bicyclic) bond motifs is 1. The third kappa shape index (κ3) is 2.72. The minimum atomic E-state index is -4.44. The molecule has 1 aromatic carbocycles. The van der Waals surface area contributed by atoms with Crippen LogP contribution in [0.3, 0.4) is 0 Å². The number of aliphatic hydroxyl groups excluding tert-OH is 1. The number of hydrogen-bond donors (Lipinski definition) is 1. The Hall–Kier alpha value is -1.33. The molecule has 2 aromatic rings. The maximum Gasteiger partial charge on any atom is 0.416 e. The Kier molecular flexibility index (Phi) is 3.80. The summed E-state index contributed by atoms with van der Waals surface area (Å²) in [7, 11) is 0. The number of halogens is 3. The fourth-order valence-electron chi connectivity index (χ4n) is 3.08. The summed E-state index contributed by atoms with van der Waals surface area (Å²) in [5.74, 6) is -0.247. The normalized spacial score (nSPS) is 20.1. The van der Waals surface area contributed by atoms with Crippen LogP contribution in [0.4, 0.5) is 13.2 Å². The van der Waals surface area contributed by atoms with Gasteiger partial charge in [0.1, 0.15) is 0 Å². The zero-order valence-electron chi connectivity index (χ0n) is 11.2. The molecule has 2 atom stereocenters. The predicted molar refractivity (Wildman–Crippen MR) is 76.4 cm³/mol.